The fourth-order valence-corrected chi connectivity index (χ4v) is 0.832. The Hall–Kier alpha value is -0.410. The van der Waals surface area contributed by atoms with Crippen molar-refractivity contribution in [1.29, 1.82) is 0 Å². The number of ether oxygens (including phenoxy) is 1. The second-order valence-electron chi connectivity index (χ2n) is 3.08. The largest absolute Gasteiger partial charge is 0.391 e. The second-order valence-corrected chi connectivity index (χ2v) is 3.08. The molecule has 1 N–H and O–H groups in total. The van der Waals surface area contributed by atoms with Gasteiger partial charge >= 0.3 is 0 Å². The topological polar surface area (TPSA) is 46.5 Å². The van der Waals surface area contributed by atoms with Crippen LogP contribution in [0.4, 0.5) is 0 Å². The van der Waals surface area contributed by atoms with Crippen molar-refractivity contribution in [2.75, 3.05) is 13.2 Å². The SMILES string of the molecule is CC(=O)CCCCOCC(C)O. The lowest BCUT2D eigenvalue weighted by molar-refractivity contribution is -0.117. The zero-order valence-corrected chi connectivity index (χ0v) is 7.88. The van der Waals surface area contributed by atoms with Crippen molar-refractivity contribution in [1.82, 2.24) is 0 Å². The summed E-state index contributed by atoms with van der Waals surface area (Å²) >= 11 is 0. The summed E-state index contributed by atoms with van der Waals surface area (Å²) < 4.78 is 5.12. The van der Waals surface area contributed by atoms with Gasteiger partial charge in [-0.2, -0.15) is 0 Å². The molecule has 1 atom stereocenters. The minimum absolute atomic E-state index is 0.227. The molecule has 0 aromatic rings. The maximum Gasteiger partial charge on any atom is 0.129 e. The summed E-state index contributed by atoms with van der Waals surface area (Å²) in [5.41, 5.74) is 0. The van der Waals surface area contributed by atoms with Gasteiger partial charge < -0.3 is 14.6 Å². The molecule has 1 unspecified atom stereocenters. The van der Waals surface area contributed by atoms with E-state index >= 15 is 0 Å². The van der Waals surface area contributed by atoms with E-state index < -0.39 is 6.10 Å². The summed E-state index contributed by atoms with van der Waals surface area (Å²) in [7, 11) is 0. The van der Waals surface area contributed by atoms with Crippen LogP contribution in [0.1, 0.15) is 33.1 Å². The molecule has 0 amide bonds. The number of carbonyl (C=O) groups excluding carboxylic acids is 1. The van der Waals surface area contributed by atoms with Gasteiger partial charge in [-0.1, -0.05) is 0 Å². The number of hydrogen-bond acceptors (Lipinski definition) is 3. The molecule has 0 bridgehead atoms. The van der Waals surface area contributed by atoms with E-state index in [-0.39, 0.29) is 5.78 Å². The summed E-state index contributed by atoms with van der Waals surface area (Å²) in [4.78, 5) is 10.5. The van der Waals surface area contributed by atoms with Crippen LogP contribution in [0, 0.1) is 0 Å². The van der Waals surface area contributed by atoms with E-state index in [1.54, 1.807) is 13.8 Å². The number of unbranched alkanes of at least 4 members (excludes halogenated alkanes) is 1. The van der Waals surface area contributed by atoms with E-state index in [0.717, 1.165) is 12.8 Å². The Balaban J connectivity index is 2.96. The predicted molar refractivity (Wildman–Crippen MR) is 47.0 cm³/mol. The Bertz CT molecular complexity index is 121. The molecule has 0 saturated carbocycles. The van der Waals surface area contributed by atoms with Crippen molar-refractivity contribution >= 4 is 5.78 Å². The Morgan fingerprint density at radius 2 is 2.17 bits per heavy atom. The first kappa shape index (κ1) is 11.6. The van der Waals surface area contributed by atoms with Gasteiger partial charge in [0.25, 0.3) is 0 Å². The lowest BCUT2D eigenvalue weighted by Crippen LogP contribution is -2.10. The highest BCUT2D eigenvalue weighted by Gasteiger charge is 1.96. The van der Waals surface area contributed by atoms with Crippen LogP contribution in [0.15, 0.2) is 0 Å². The summed E-state index contributed by atoms with van der Waals surface area (Å²) in [6.45, 7) is 4.31. The van der Waals surface area contributed by atoms with Gasteiger partial charge in [-0.3, -0.25) is 0 Å². The molecular weight excluding hydrogens is 156 g/mol. The molecule has 72 valence electrons. The van der Waals surface area contributed by atoms with Crippen molar-refractivity contribution in [2.24, 2.45) is 0 Å². The van der Waals surface area contributed by atoms with Crippen molar-refractivity contribution in [3.8, 4) is 0 Å². The summed E-state index contributed by atoms with van der Waals surface area (Å²) in [6, 6.07) is 0. The zero-order valence-electron chi connectivity index (χ0n) is 7.88. The Kier molecular flexibility index (Phi) is 7.00. The molecule has 12 heavy (non-hydrogen) atoms. The average molecular weight is 174 g/mol. The van der Waals surface area contributed by atoms with E-state index in [1.807, 2.05) is 0 Å². The molecule has 0 heterocycles. The molecule has 0 aliphatic heterocycles. The number of ketones is 1. The molecule has 0 aromatic heterocycles. The summed E-state index contributed by atoms with van der Waals surface area (Å²) in [6.07, 6.45) is 2.03. The molecular formula is C9H18O3. The van der Waals surface area contributed by atoms with E-state index in [2.05, 4.69) is 0 Å². The van der Waals surface area contributed by atoms with E-state index in [4.69, 9.17) is 9.84 Å². The molecule has 0 fully saturated rings. The third kappa shape index (κ3) is 9.59. The normalized spacial score (nSPS) is 12.9. The minimum atomic E-state index is -0.391. The molecule has 0 radical (unpaired) electrons. The van der Waals surface area contributed by atoms with Crippen LogP contribution in [0.25, 0.3) is 0 Å². The Morgan fingerprint density at radius 1 is 1.50 bits per heavy atom. The van der Waals surface area contributed by atoms with Crippen LogP contribution < -0.4 is 0 Å². The maximum absolute atomic E-state index is 10.5. The lowest BCUT2D eigenvalue weighted by Gasteiger charge is -2.04. The molecule has 0 aromatic carbocycles. The molecule has 3 nitrogen and oxygen atoms in total. The second kappa shape index (κ2) is 7.25. The minimum Gasteiger partial charge on any atom is -0.391 e. The van der Waals surface area contributed by atoms with Gasteiger partial charge in [0.2, 0.25) is 0 Å². The van der Waals surface area contributed by atoms with Crippen molar-refractivity contribution < 1.29 is 14.6 Å². The molecule has 0 aliphatic carbocycles. The predicted octanol–water partition coefficient (Wildman–Crippen LogP) is 1.14. The first-order chi connectivity index (χ1) is 5.63. The van der Waals surface area contributed by atoms with Crippen LogP contribution in [-0.2, 0) is 9.53 Å². The first-order valence-electron chi connectivity index (χ1n) is 4.38. The number of Topliss-reactive ketones (excluding diaryl/α,β-unsaturated/α-hetero) is 1. The lowest BCUT2D eigenvalue weighted by atomic mass is 10.2. The maximum atomic E-state index is 10.5. The highest BCUT2D eigenvalue weighted by atomic mass is 16.5. The Labute approximate surface area is 73.7 Å². The average Bonchev–Trinajstić information content (AvgIpc) is 1.95. The fraction of sp³-hybridized carbons (Fsp3) is 0.889. The summed E-state index contributed by atoms with van der Waals surface area (Å²) in [5, 5.41) is 8.82. The third-order valence-electron chi connectivity index (χ3n) is 1.43. The van der Waals surface area contributed by atoms with E-state index in [1.165, 1.54) is 0 Å². The van der Waals surface area contributed by atoms with Crippen LogP contribution in [0.3, 0.4) is 0 Å². The monoisotopic (exact) mass is 174 g/mol. The molecule has 0 spiro atoms. The number of carbonyl (C=O) groups is 1. The van der Waals surface area contributed by atoms with Crippen molar-refractivity contribution in [3.05, 3.63) is 0 Å². The van der Waals surface area contributed by atoms with Crippen molar-refractivity contribution in [2.45, 2.75) is 39.2 Å². The first-order valence-corrected chi connectivity index (χ1v) is 4.38. The standard InChI is InChI=1S/C9H18O3/c1-8(10)5-3-4-6-12-7-9(2)11/h9,11H,3-7H2,1-2H3. The van der Waals surface area contributed by atoms with Gasteiger partial charge in [0, 0.05) is 13.0 Å². The highest BCUT2D eigenvalue weighted by molar-refractivity contribution is 5.75. The number of rotatable bonds is 7. The van der Waals surface area contributed by atoms with E-state index in [9.17, 15) is 4.79 Å². The fourth-order valence-electron chi connectivity index (χ4n) is 0.832. The molecule has 0 aliphatic rings. The number of hydrogen-bond donors (Lipinski definition) is 1. The smallest absolute Gasteiger partial charge is 0.129 e. The Morgan fingerprint density at radius 3 is 2.67 bits per heavy atom. The zero-order chi connectivity index (χ0) is 9.40. The van der Waals surface area contributed by atoms with Gasteiger partial charge in [-0.25, -0.2) is 0 Å². The van der Waals surface area contributed by atoms with Crippen LogP contribution in [-0.4, -0.2) is 30.2 Å². The third-order valence-corrected chi connectivity index (χ3v) is 1.43. The summed E-state index contributed by atoms with van der Waals surface area (Å²) in [5.74, 6) is 0.227. The van der Waals surface area contributed by atoms with Gasteiger partial charge in [0.15, 0.2) is 0 Å². The molecule has 0 saturated heterocycles. The molecule has 3 heteroatoms. The van der Waals surface area contributed by atoms with Gasteiger partial charge in [-0.05, 0) is 26.7 Å². The van der Waals surface area contributed by atoms with Gasteiger partial charge in [-0.15, -0.1) is 0 Å². The van der Waals surface area contributed by atoms with Crippen LogP contribution in [0.2, 0.25) is 0 Å². The number of aliphatic hydroxyl groups is 1. The van der Waals surface area contributed by atoms with Crippen LogP contribution in [0.5, 0.6) is 0 Å². The van der Waals surface area contributed by atoms with Crippen LogP contribution >= 0.6 is 0 Å². The van der Waals surface area contributed by atoms with Gasteiger partial charge in [0.1, 0.15) is 5.78 Å². The molecule has 0 rings (SSSR count). The van der Waals surface area contributed by atoms with Gasteiger partial charge in [0.05, 0.1) is 12.7 Å². The van der Waals surface area contributed by atoms with E-state index in [0.29, 0.717) is 19.6 Å². The number of aliphatic hydroxyl groups excluding tert-OH is 1. The highest BCUT2D eigenvalue weighted by Crippen LogP contribution is 1.96. The van der Waals surface area contributed by atoms with Crippen molar-refractivity contribution in [3.63, 3.8) is 0 Å². The quantitative estimate of drug-likeness (QED) is 0.589.